The molecule has 1 aliphatic rings. The number of alkyl halides is 2. The summed E-state index contributed by atoms with van der Waals surface area (Å²) in [7, 11) is -4.78. The zero-order valence-electron chi connectivity index (χ0n) is 6.64. The predicted octanol–water partition coefficient (Wildman–Crippen LogP) is 1.58. The Bertz CT molecular complexity index is 280. The van der Waals surface area contributed by atoms with Crippen molar-refractivity contribution < 1.29 is 21.1 Å². The van der Waals surface area contributed by atoms with E-state index < -0.39 is 33.2 Å². The second-order valence-corrected chi connectivity index (χ2v) is 5.01. The van der Waals surface area contributed by atoms with Gasteiger partial charge in [-0.2, -0.15) is 8.42 Å². The average Bonchev–Trinajstić information content (AvgIpc) is 2.09. The first kappa shape index (κ1) is 9.83. The molecule has 0 saturated heterocycles. The number of rotatable bonds is 2. The maximum absolute atomic E-state index is 12.7. The van der Waals surface area contributed by atoms with Gasteiger partial charge in [0.25, 0.3) is 5.92 Å². The third-order valence-corrected chi connectivity index (χ3v) is 3.18. The highest BCUT2D eigenvalue weighted by Gasteiger charge is 2.75. The van der Waals surface area contributed by atoms with Crippen molar-refractivity contribution in [2.45, 2.75) is 19.8 Å². The van der Waals surface area contributed by atoms with Crippen molar-refractivity contribution in [3.63, 3.8) is 0 Å². The summed E-state index contributed by atoms with van der Waals surface area (Å²) in [6.45, 7) is 2.45. The quantitative estimate of drug-likeness (QED) is 0.637. The van der Waals surface area contributed by atoms with Crippen LogP contribution in [0.4, 0.5) is 12.7 Å². The molecule has 72 valence electrons. The van der Waals surface area contributed by atoms with Gasteiger partial charge in [-0.05, 0) is 0 Å². The highest BCUT2D eigenvalue weighted by atomic mass is 32.3. The van der Waals surface area contributed by atoms with Crippen molar-refractivity contribution in [3.05, 3.63) is 0 Å². The van der Waals surface area contributed by atoms with E-state index in [2.05, 4.69) is 0 Å². The SMILES string of the molecule is CC1(C)C(CS(=O)(=O)F)C1(F)F. The van der Waals surface area contributed by atoms with Gasteiger partial charge in [0.05, 0.1) is 11.7 Å². The zero-order valence-corrected chi connectivity index (χ0v) is 7.46. The van der Waals surface area contributed by atoms with Crippen LogP contribution in [0.3, 0.4) is 0 Å². The molecule has 0 N–H and O–H groups in total. The van der Waals surface area contributed by atoms with E-state index >= 15 is 0 Å². The fraction of sp³-hybridized carbons (Fsp3) is 1.00. The van der Waals surface area contributed by atoms with Crippen LogP contribution in [-0.4, -0.2) is 20.1 Å². The van der Waals surface area contributed by atoms with Gasteiger partial charge in [-0.15, -0.1) is 3.89 Å². The van der Waals surface area contributed by atoms with Gasteiger partial charge in [0.2, 0.25) is 0 Å². The molecule has 12 heavy (non-hydrogen) atoms. The molecule has 0 radical (unpaired) electrons. The first-order valence-corrected chi connectivity index (χ1v) is 4.94. The molecule has 0 aromatic rings. The van der Waals surface area contributed by atoms with E-state index in [4.69, 9.17) is 0 Å². The largest absolute Gasteiger partial charge is 0.302 e. The lowest BCUT2D eigenvalue weighted by Gasteiger charge is -1.96. The number of hydrogen-bond donors (Lipinski definition) is 0. The summed E-state index contributed by atoms with van der Waals surface area (Å²) < 4.78 is 57.5. The summed E-state index contributed by atoms with van der Waals surface area (Å²) in [5, 5.41) is 0. The molecule has 1 fully saturated rings. The van der Waals surface area contributed by atoms with Crippen molar-refractivity contribution in [2.24, 2.45) is 11.3 Å². The van der Waals surface area contributed by atoms with Crippen LogP contribution in [0.2, 0.25) is 0 Å². The third kappa shape index (κ3) is 1.32. The summed E-state index contributed by atoms with van der Waals surface area (Å²) >= 11 is 0. The molecule has 0 aromatic heterocycles. The molecule has 1 saturated carbocycles. The fourth-order valence-corrected chi connectivity index (χ4v) is 2.29. The molecule has 0 bridgehead atoms. The normalized spacial score (nSPS) is 31.6. The zero-order chi connectivity index (χ0) is 9.78. The minimum absolute atomic E-state index is 1.08. The molecular formula is C6H9F3O2S. The molecular weight excluding hydrogens is 193 g/mol. The lowest BCUT2D eigenvalue weighted by Crippen LogP contribution is -2.06. The molecule has 0 spiro atoms. The van der Waals surface area contributed by atoms with Gasteiger partial charge in [-0.3, -0.25) is 0 Å². The van der Waals surface area contributed by atoms with E-state index in [-0.39, 0.29) is 0 Å². The summed E-state index contributed by atoms with van der Waals surface area (Å²) in [6.07, 6.45) is 0. The van der Waals surface area contributed by atoms with Crippen LogP contribution in [0.15, 0.2) is 0 Å². The van der Waals surface area contributed by atoms with E-state index in [1.54, 1.807) is 0 Å². The molecule has 1 atom stereocenters. The second kappa shape index (κ2) is 2.16. The van der Waals surface area contributed by atoms with Crippen LogP contribution in [0.5, 0.6) is 0 Å². The topological polar surface area (TPSA) is 34.1 Å². The molecule has 6 heteroatoms. The smallest absolute Gasteiger partial charge is 0.206 e. The van der Waals surface area contributed by atoms with Crippen LogP contribution in [0.1, 0.15) is 13.8 Å². The Morgan fingerprint density at radius 2 is 1.67 bits per heavy atom. The Hall–Kier alpha value is -0.260. The van der Waals surface area contributed by atoms with E-state index in [9.17, 15) is 21.1 Å². The van der Waals surface area contributed by atoms with E-state index in [1.165, 1.54) is 13.8 Å². The Kier molecular flexibility index (Phi) is 1.77. The van der Waals surface area contributed by atoms with Crippen molar-refractivity contribution in [3.8, 4) is 0 Å². The first-order chi connectivity index (χ1) is 5.09. The fourth-order valence-electron chi connectivity index (χ4n) is 1.27. The lowest BCUT2D eigenvalue weighted by molar-refractivity contribution is 0.0684. The van der Waals surface area contributed by atoms with E-state index in [1.807, 2.05) is 0 Å². The Labute approximate surface area is 69.0 Å². The van der Waals surface area contributed by atoms with Crippen LogP contribution >= 0.6 is 0 Å². The Morgan fingerprint density at radius 1 is 1.33 bits per heavy atom. The van der Waals surface area contributed by atoms with Crippen LogP contribution < -0.4 is 0 Å². The Morgan fingerprint density at radius 3 is 1.75 bits per heavy atom. The highest BCUT2D eigenvalue weighted by molar-refractivity contribution is 7.86. The number of hydrogen-bond acceptors (Lipinski definition) is 2. The van der Waals surface area contributed by atoms with Gasteiger partial charge in [-0.25, -0.2) is 8.78 Å². The summed E-state index contributed by atoms with van der Waals surface area (Å²) in [5.74, 6) is -5.50. The van der Waals surface area contributed by atoms with Crippen molar-refractivity contribution in [2.75, 3.05) is 5.75 Å². The maximum atomic E-state index is 12.7. The molecule has 1 aliphatic carbocycles. The van der Waals surface area contributed by atoms with Crippen molar-refractivity contribution >= 4 is 10.2 Å². The van der Waals surface area contributed by atoms with Gasteiger partial charge in [0.1, 0.15) is 0 Å². The van der Waals surface area contributed by atoms with E-state index in [0.29, 0.717) is 0 Å². The molecule has 1 rings (SSSR count). The lowest BCUT2D eigenvalue weighted by atomic mass is 10.1. The summed E-state index contributed by atoms with van der Waals surface area (Å²) in [6, 6.07) is 0. The second-order valence-electron chi connectivity index (χ2n) is 3.60. The van der Waals surface area contributed by atoms with Crippen LogP contribution in [0, 0.1) is 11.3 Å². The van der Waals surface area contributed by atoms with Crippen molar-refractivity contribution in [1.82, 2.24) is 0 Å². The maximum Gasteiger partial charge on any atom is 0.302 e. The summed E-state index contributed by atoms with van der Waals surface area (Å²) in [5.41, 5.74) is -1.38. The molecule has 0 heterocycles. The van der Waals surface area contributed by atoms with Gasteiger partial charge < -0.3 is 0 Å². The highest BCUT2D eigenvalue weighted by Crippen LogP contribution is 2.65. The first-order valence-electron chi connectivity index (χ1n) is 3.39. The monoisotopic (exact) mass is 202 g/mol. The predicted molar refractivity (Wildman–Crippen MR) is 37.1 cm³/mol. The number of halogens is 3. The van der Waals surface area contributed by atoms with Crippen LogP contribution in [0.25, 0.3) is 0 Å². The van der Waals surface area contributed by atoms with Crippen LogP contribution in [-0.2, 0) is 10.2 Å². The molecule has 2 nitrogen and oxygen atoms in total. The molecule has 0 aliphatic heterocycles. The van der Waals surface area contributed by atoms with Gasteiger partial charge in [0.15, 0.2) is 0 Å². The molecule has 0 amide bonds. The Balaban J connectivity index is 2.74. The standard InChI is InChI=1S/C6H9F3O2S/c1-5(2)4(6(5,7)8)3-12(9,10)11/h4H,3H2,1-2H3. The third-order valence-electron chi connectivity index (χ3n) is 2.45. The molecule has 1 unspecified atom stereocenters. The van der Waals surface area contributed by atoms with Gasteiger partial charge in [0, 0.05) is 5.41 Å². The summed E-state index contributed by atoms with van der Waals surface area (Å²) in [4.78, 5) is 0. The minimum atomic E-state index is -4.78. The van der Waals surface area contributed by atoms with Gasteiger partial charge >= 0.3 is 10.2 Å². The van der Waals surface area contributed by atoms with Crippen molar-refractivity contribution in [1.29, 1.82) is 0 Å². The minimum Gasteiger partial charge on any atom is -0.206 e. The van der Waals surface area contributed by atoms with E-state index in [0.717, 1.165) is 0 Å². The molecule has 0 aromatic carbocycles. The van der Waals surface area contributed by atoms with Gasteiger partial charge in [-0.1, -0.05) is 13.8 Å². The average molecular weight is 202 g/mol.